The van der Waals surface area contributed by atoms with Crippen molar-refractivity contribution < 1.29 is 18.0 Å². The number of halogens is 3. The van der Waals surface area contributed by atoms with Crippen LogP contribution in [0.25, 0.3) is 0 Å². The molecule has 0 aromatic rings. The molecule has 0 bridgehead atoms. The van der Waals surface area contributed by atoms with Crippen LogP contribution >= 0.6 is 0 Å². The quantitative estimate of drug-likeness (QED) is 0.841. The standard InChI is InChI=1S/C12H19F3N2O/c13-12(14,15)7-11(18)17-5-3-10(4-6-17)16-8-9-1-2-9/h9-10,16H,1-8H2. The van der Waals surface area contributed by atoms with Crippen LogP contribution in [0.4, 0.5) is 13.2 Å². The molecule has 1 aliphatic carbocycles. The Labute approximate surface area is 105 Å². The summed E-state index contributed by atoms with van der Waals surface area (Å²) < 4.78 is 36.3. The molecule has 0 aromatic carbocycles. The van der Waals surface area contributed by atoms with Crippen molar-refractivity contribution in [2.24, 2.45) is 5.92 Å². The van der Waals surface area contributed by atoms with Gasteiger partial charge in [-0.25, -0.2) is 0 Å². The average Bonchev–Trinajstić information content (AvgIpc) is 3.08. The molecule has 3 nitrogen and oxygen atoms in total. The second-order valence-corrected chi connectivity index (χ2v) is 5.30. The lowest BCUT2D eigenvalue weighted by Crippen LogP contribution is -2.46. The van der Waals surface area contributed by atoms with E-state index in [4.69, 9.17) is 0 Å². The molecule has 6 heteroatoms. The topological polar surface area (TPSA) is 32.3 Å². The predicted octanol–water partition coefficient (Wildman–Crippen LogP) is 1.93. The zero-order valence-electron chi connectivity index (χ0n) is 10.3. The fourth-order valence-corrected chi connectivity index (χ4v) is 2.27. The van der Waals surface area contributed by atoms with Gasteiger partial charge in [-0.05, 0) is 38.1 Å². The van der Waals surface area contributed by atoms with Crippen LogP contribution in [-0.2, 0) is 4.79 Å². The lowest BCUT2D eigenvalue weighted by atomic mass is 10.0. The molecule has 2 fully saturated rings. The molecule has 104 valence electrons. The average molecular weight is 264 g/mol. The number of carbonyl (C=O) groups excluding carboxylic acids is 1. The second-order valence-electron chi connectivity index (χ2n) is 5.30. The van der Waals surface area contributed by atoms with Crippen LogP contribution in [-0.4, -0.2) is 42.7 Å². The summed E-state index contributed by atoms with van der Waals surface area (Å²) in [6.45, 7) is 1.90. The van der Waals surface area contributed by atoms with Crippen molar-refractivity contribution in [3.63, 3.8) is 0 Å². The highest BCUT2D eigenvalue weighted by atomic mass is 19.4. The minimum atomic E-state index is -4.39. The highest BCUT2D eigenvalue weighted by Crippen LogP contribution is 2.28. The van der Waals surface area contributed by atoms with Gasteiger partial charge in [0, 0.05) is 19.1 Å². The van der Waals surface area contributed by atoms with E-state index in [9.17, 15) is 18.0 Å². The Hall–Kier alpha value is -0.780. The van der Waals surface area contributed by atoms with E-state index >= 15 is 0 Å². The maximum absolute atomic E-state index is 12.1. The number of piperidine rings is 1. The van der Waals surface area contributed by atoms with Crippen molar-refractivity contribution >= 4 is 5.91 Å². The summed E-state index contributed by atoms with van der Waals surface area (Å²) in [5, 5.41) is 3.43. The van der Waals surface area contributed by atoms with E-state index in [2.05, 4.69) is 5.32 Å². The van der Waals surface area contributed by atoms with Gasteiger partial charge >= 0.3 is 6.18 Å². The molecule has 0 spiro atoms. The largest absolute Gasteiger partial charge is 0.397 e. The Morgan fingerprint density at radius 3 is 2.28 bits per heavy atom. The molecule has 0 radical (unpaired) electrons. The number of hydrogen-bond acceptors (Lipinski definition) is 2. The summed E-state index contributed by atoms with van der Waals surface area (Å²) in [6.07, 6.45) is -1.62. The first-order valence-electron chi connectivity index (χ1n) is 6.52. The summed E-state index contributed by atoms with van der Waals surface area (Å²) in [6, 6.07) is 0.362. The molecule has 1 aliphatic heterocycles. The van der Waals surface area contributed by atoms with Gasteiger partial charge in [-0.2, -0.15) is 13.2 Å². The molecule has 1 heterocycles. The van der Waals surface area contributed by atoms with Gasteiger partial charge in [0.25, 0.3) is 0 Å². The van der Waals surface area contributed by atoms with Gasteiger partial charge in [-0.15, -0.1) is 0 Å². The first-order valence-corrected chi connectivity index (χ1v) is 6.52. The Kier molecular flexibility index (Phi) is 4.14. The Morgan fingerprint density at radius 1 is 1.17 bits per heavy atom. The molecule has 1 saturated carbocycles. The van der Waals surface area contributed by atoms with Crippen molar-refractivity contribution in [1.82, 2.24) is 10.2 Å². The van der Waals surface area contributed by atoms with Crippen molar-refractivity contribution in [3.05, 3.63) is 0 Å². The van der Waals surface area contributed by atoms with E-state index in [0.29, 0.717) is 19.1 Å². The number of alkyl halides is 3. The van der Waals surface area contributed by atoms with Gasteiger partial charge in [-0.1, -0.05) is 0 Å². The Balaban J connectivity index is 1.67. The highest BCUT2D eigenvalue weighted by molar-refractivity contribution is 5.76. The number of rotatable bonds is 4. The summed E-state index contributed by atoms with van der Waals surface area (Å²) in [7, 11) is 0. The molecule has 1 saturated heterocycles. The molecule has 2 rings (SSSR count). The number of nitrogens with zero attached hydrogens (tertiary/aromatic N) is 1. The molecule has 18 heavy (non-hydrogen) atoms. The van der Waals surface area contributed by atoms with Gasteiger partial charge < -0.3 is 10.2 Å². The first kappa shape index (κ1) is 13.6. The van der Waals surface area contributed by atoms with E-state index in [1.54, 1.807) is 0 Å². The van der Waals surface area contributed by atoms with Gasteiger partial charge in [0.1, 0.15) is 6.42 Å². The SMILES string of the molecule is O=C(CC(F)(F)F)N1CCC(NCC2CC2)CC1. The number of amides is 1. The van der Waals surface area contributed by atoms with E-state index in [0.717, 1.165) is 25.3 Å². The Bertz CT molecular complexity index is 294. The molecule has 0 atom stereocenters. The van der Waals surface area contributed by atoms with Crippen LogP contribution in [0.5, 0.6) is 0 Å². The molecular weight excluding hydrogens is 245 g/mol. The fraction of sp³-hybridized carbons (Fsp3) is 0.917. The first-order chi connectivity index (χ1) is 8.44. The summed E-state index contributed by atoms with van der Waals surface area (Å²) >= 11 is 0. The highest BCUT2D eigenvalue weighted by Gasteiger charge is 2.34. The van der Waals surface area contributed by atoms with Gasteiger partial charge in [-0.3, -0.25) is 4.79 Å². The zero-order chi connectivity index (χ0) is 13.2. The smallest absolute Gasteiger partial charge is 0.342 e. The van der Waals surface area contributed by atoms with Crippen molar-refractivity contribution in [3.8, 4) is 0 Å². The van der Waals surface area contributed by atoms with Crippen molar-refractivity contribution in [1.29, 1.82) is 0 Å². The maximum atomic E-state index is 12.1. The van der Waals surface area contributed by atoms with E-state index in [-0.39, 0.29) is 0 Å². The zero-order valence-corrected chi connectivity index (χ0v) is 10.3. The number of hydrogen-bond donors (Lipinski definition) is 1. The minimum Gasteiger partial charge on any atom is -0.342 e. The van der Waals surface area contributed by atoms with E-state index < -0.39 is 18.5 Å². The van der Waals surface area contributed by atoms with Gasteiger partial charge in [0.05, 0.1) is 0 Å². The monoisotopic (exact) mass is 264 g/mol. The normalized spacial score (nSPS) is 22.3. The van der Waals surface area contributed by atoms with Crippen LogP contribution < -0.4 is 5.32 Å². The fourth-order valence-electron chi connectivity index (χ4n) is 2.27. The molecule has 0 unspecified atom stereocenters. The summed E-state index contributed by atoms with van der Waals surface area (Å²) in [4.78, 5) is 12.7. The minimum absolute atomic E-state index is 0.362. The van der Waals surface area contributed by atoms with Crippen LogP contribution in [0.1, 0.15) is 32.1 Å². The predicted molar refractivity (Wildman–Crippen MR) is 61.0 cm³/mol. The van der Waals surface area contributed by atoms with Crippen LogP contribution in [0, 0.1) is 5.92 Å². The molecule has 2 aliphatic rings. The molecule has 1 amide bonds. The molecule has 1 N–H and O–H groups in total. The van der Waals surface area contributed by atoms with Crippen LogP contribution in [0.2, 0.25) is 0 Å². The van der Waals surface area contributed by atoms with Gasteiger partial charge in [0.15, 0.2) is 0 Å². The van der Waals surface area contributed by atoms with Gasteiger partial charge in [0.2, 0.25) is 5.91 Å². The lowest BCUT2D eigenvalue weighted by Gasteiger charge is -2.32. The molecular formula is C12H19F3N2O. The third-order valence-electron chi connectivity index (χ3n) is 3.59. The number of carbonyl (C=O) groups is 1. The van der Waals surface area contributed by atoms with Crippen LogP contribution in [0.3, 0.4) is 0 Å². The van der Waals surface area contributed by atoms with Crippen molar-refractivity contribution in [2.45, 2.75) is 44.3 Å². The number of likely N-dealkylation sites (tertiary alicyclic amines) is 1. The second kappa shape index (κ2) is 5.47. The third kappa shape index (κ3) is 4.48. The Morgan fingerprint density at radius 2 is 1.78 bits per heavy atom. The van der Waals surface area contributed by atoms with E-state index in [1.807, 2.05) is 0 Å². The third-order valence-corrected chi connectivity index (χ3v) is 3.59. The van der Waals surface area contributed by atoms with Crippen LogP contribution in [0.15, 0.2) is 0 Å². The lowest BCUT2D eigenvalue weighted by molar-refractivity contribution is -0.162. The number of nitrogens with one attached hydrogen (secondary N) is 1. The van der Waals surface area contributed by atoms with Crippen molar-refractivity contribution in [2.75, 3.05) is 19.6 Å². The summed E-state index contributed by atoms with van der Waals surface area (Å²) in [5.74, 6) is 0.0121. The molecule has 0 aromatic heterocycles. The summed E-state index contributed by atoms with van der Waals surface area (Å²) in [5.41, 5.74) is 0. The maximum Gasteiger partial charge on any atom is 0.397 e. The van der Waals surface area contributed by atoms with E-state index in [1.165, 1.54) is 17.7 Å².